The minimum atomic E-state index is -0.734. The van der Waals surface area contributed by atoms with E-state index in [2.05, 4.69) is 5.32 Å². The lowest BCUT2D eigenvalue weighted by Crippen LogP contribution is -2.34. The van der Waals surface area contributed by atoms with E-state index in [0.717, 1.165) is 0 Å². The Morgan fingerprint density at radius 3 is 2.72 bits per heavy atom. The zero-order chi connectivity index (χ0) is 12.4. The van der Waals surface area contributed by atoms with E-state index in [4.69, 9.17) is 4.74 Å². The molecular formula is C10H13ClN2O5. The van der Waals surface area contributed by atoms with Crippen LogP contribution in [-0.2, 0) is 4.74 Å². The molecule has 1 atom stereocenters. The van der Waals surface area contributed by atoms with Gasteiger partial charge in [-0.1, -0.05) is 0 Å². The van der Waals surface area contributed by atoms with Crippen molar-refractivity contribution in [3.8, 4) is 11.5 Å². The van der Waals surface area contributed by atoms with Crippen LogP contribution in [0, 0.1) is 10.1 Å². The summed E-state index contributed by atoms with van der Waals surface area (Å²) in [6, 6.07) is 2.32. The number of nitro groups is 1. The molecule has 100 valence electrons. The molecule has 8 heteroatoms. The average molecular weight is 277 g/mol. The molecule has 0 bridgehead atoms. The highest BCUT2D eigenvalue weighted by molar-refractivity contribution is 5.85. The van der Waals surface area contributed by atoms with Gasteiger partial charge in [0.15, 0.2) is 5.75 Å². The number of nitro benzene ring substituents is 1. The van der Waals surface area contributed by atoms with Crippen LogP contribution in [0.5, 0.6) is 11.5 Å². The highest BCUT2D eigenvalue weighted by atomic mass is 35.5. The minimum absolute atomic E-state index is 0. The zero-order valence-electron chi connectivity index (χ0n) is 9.33. The first-order valence-corrected chi connectivity index (χ1v) is 5.11. The summed E-state index contributed by atoms with van der Waals surface area (Å²) in [5.41, 5.74) is 0.0130. The van der Waals surface area contributed by atoms with Crippen LogP contribution < -0.4 is 5.32 Å². The van der Waals surface area contributed by atoms with Gasteiger partial charge in [-0.05, 0) is 11.6 Å². The maximum atomic E-state index is 10.7. The van der Waals surface area contributed by atoms with Gasteiger partial charge in [0.25, 0.3) is 0 Å². The third-order valence-corrected chi connectivity index (χ3v) is 2.61. The predicted octanol–water partition coefficient (Wildman–Crippen LogP) is 1.09. The molecule has 0 saturated carbocycles. The summed E-state index contributed by atoms with van der Waals surface area (Å²) >= 11 is 0. The summed E-state index contributed by atoms with van der Waals surface area (Å²) in [7, 11) is 0. The first-order chi connectivity index (χ1) is 8.09. The highest BCUT2D eigenvalue weighted by Gasteiger charge is 2.23. The quantitative estimate of drug-likeness (QED) is 0.424. The van der Waals surface area contributed by atoms with Crippen LogP contribution in [0.15, 0.2) is 12.1 Å². The Hall–Kier alpha value is -1.57. The standard InChI is InChI=1S/C10H12N2O5.ClH/c13-9-4-6(7-5-17-2-1-11-7)3-8(10(9)14)12(15)16;/h3-4,7,11,13-14H,1-2,5H2;1H/t7-;/m0./s1. The van der Waals surface area contributed by atoms with Crippen molar-refractivity contribution in [1.29, 1.82) is 0 Å². The fourth-order valence-corrected chi connectivity index (χ4v) is 1.75. The predicted molar refractivity (Wildman–Crippen MR) is 65.2 cm³/mol. The Labute approximate surface area is 109 Å². The molecule has 0 aliphatic carbocycles. The van der Waals surface area contributed by atoms with Crippen LogP contribution >= 0.6 is 12.4 Å². The molecule has 0 aromatic heterocycles. The van der Waals surface area contributed by atoms with Gasteiger partial charge in [0.1, 0.15) is 0 Å². The second-order valence-corrected chi connectivity index (χ2v) is 3.75. The van der Waals surface area contributed by atoms with Crippen molar-refractivity contribution in [3.05, 3.63) is 27.8 Å². The number of nitrogens with zero attached hydrogens (tertiary/aromatic N) is 1. The van der Waals surface area contributed by atoms with Crippen LogP contribution in [0.4, 0.5) is 5.69 Å². The minimum Gasteiger partial charge on any atom is -0.504 e. The van der Waals surface area contributed by atoms with E-state index in [1.807, 2.05) is 0 Å². The molecule has 2 rings (SSSR count). The number of hydrogen-bond donors (Lipinski definition) is 3. The summed E-state index contributed by atoms with van der Waals surface area (Å²) in [6.45, 7) is 1.60. The molecule has 1 heterocycles. The molecule has 1 aromatic rings. The van der Waals surface area contributed by atoms with Gasteiger partial charge in [-0.2, -0.15) is 0 Å². The smallest absolute Gasteiger partial charge is 0.314 e. The molecule has 1 saturated heterocycles. The number of morpholine rings is 1. The van der Waals surface area contributed by atoms with Gasteiger partial charge >= 0.3 is 5.69 Å². The third-order valence-electron chi connectivity index (χ3n) is 2.61. The fraction of sp³-hybridized carbons (Fsp3) is 0.400. The largest absolute Gasteiger partial charge is 0.504 e. The number of nitrogens with one attached hydrogen (secondary N) is 1. The van der Waals surface area contributed by atoms with E-state index in [-0.39, 0.29) is 18.4 Å². The number of ether oxygens (including phenoxy) is 1. The Bertz CT molecular complexity index is 448. The lowest BCUT2D eigenvalue weighted by Gasteiger charge is -2.24. The summed E-state index contributed by atoms with van der Waals surface area (Å²) in [5.74, 6) is -1.21. The monoisotopic (exact) mass is 276 g/mol. The lowest BCUT2D eigenvalue weighted by atomic mass is 10.0. The molecule has 7 nitrogen and oxygen atoms in total. The highest BCUT2D eigenvalue weighted by Crippen LogP contribution is 2.37. The van der Waals surface area contributed by atoms with Crippen LogP contribution in [0.2, 0.25) is 0 Å². The maximum absolute atomic E-state index is 10.7. The van der Waals surface area contributed by atoms with Crippen molar-refractivity contribution in [2.45, 2.75) is 6.04 Å². The van der Waals surface area contributed by atoms with Crippen LogP contribution in [-0.4, -0.2) is 34.9 Å². The van der Waals surface area contributed by atoms with Crippen LogP contribution in [0.3, 0.4) is 0 Å². The number of phenolic OH excluding ortho intramolecular Hbond substituents is 2. The Kier molecular flexibility index (Phi) is 4.71. The fourth-order valence-electron chi connectivity index (χ4n) is 1.75. The summed E-state index contributed by atoms with van der Waals surface area (Å²) in [4.78, 5) is 9.96. The molecule has 18 heavy (non-hydrogen) atoms. The molecule has 1 fully saturated rings. The lowest BCUT2D eigenvalue weighted by molar-refractivity contribution is -0.386. The van der Waals surface area contributed by atoms with Crippen molar-refractivity contribution < 1.29 is 19.9 Å². The second-order valence-electron chi connectivity index (χ2n) is 3.75. The Balaban J connectivity index is 0.00000162. The van der Waals surface area contributed by atoms with E-state index < -0.39 is 22.1 Å². The van der Waals surface area contributed by atoms with E-state index in [0.29, 0.717) is 25.3 Å². The van der Waals surface area contributed by atoms with Gasteiger partial charge in [-0.25, -0.2) is 0 Å². The van der Waals surface area contributed by atoms with E-state index in [1.165, 1.54) is 12.1 Å². The third kappa shape index (κ3) is 2.81. The van der Waals surface area contributed by atoms with Gasteiger partial charge in [-0.3, -0.25) is 10.1 Å². The number of halogens is 1. The van der Waals surface area contributed by atoms with Gasteiger partial charge in [-0.15, -0.1) is 12.4 Å². The number of benzene rings is 1. The normalized spacial score (nSPS) is 19.0. The van der Waals surface area contributed by atoms with Gasteiger partial charge in [0.05, 0.1) is 24.2 Å². The summed E-state index contributed by atoms with van der Waals surface area (Å²) in [6.07, 6.45) is 0. The van der Waals surface area contributed by atoms with Crippen molar-refractivity contribution in [2.75, 3.05) is 19.8 Å². The molecule has 0 radical (unpaired) electrons. The number of aromatic hydroxyl groups is 2. The first-order valence-electron chi connectivity index (χ1n) is 5.11. The zero-order valence-corrected chi connectivity index (χ0v) is 10.1. The molecule has 1 aliphatic heterocycles. The molecule has 1 aromatic carbocycles. The maximum Gasteiger partial charge on any atom is 0.314 e. The van der Waals surface area contributed by atoms with Gasteiger partial charge in [0.2, 0.25) is 5.75 Å². The number of phenols is 2. The van der Waals surface area contributed by atoms with Crippen molar-refractivity contribution in [3.63, 3.8) is 0 Å². The number of rotatable bonds is 2. The molecule has 0 spiro atoms. The Morgan fingerprint density at radius 2 is 2.17 bits per heavy atom. The second kappa shape index (κ2) is 5.85. The number of hydrogen-bond acceptors (Lipinski definition) is 6. The average Bonchev–Trinajstić information content (AvgIpc) is 2.33. The Morgan fingerprint density at radius 1 is 1.44 bits per heavy atom. The van der Waals surface area contributed by atoms with E-state index >= 15 is 0 Å². The van der Waals surface area contributed by atoms with E-state index in [9.17, 15) is 20.3 Å². The van der Waals surface area contributed by atoms with Crippen molar-refractivity contribution in [1.82, 2.24) is 5.32 Å². The van der Waals surface area contributed by atoms with Crippen LogP contribution in [0.1, 0.15) is 11.6 Å². The van der Waals surface area contributed by atoms with Crippen LogP contribution in [0.25, 0.3) is 0 Å². The van der Waals surface area contributed by atoms with Gasteiger partial charge < -0.3 is 20.3 Å². The summed E-state index contributed by atoms with van der Waals surface area (Å²) < 4.78 is 5.23. The molecule has 1 aliphatic rings. The van der Waals surface area contributed by atoms with Crippen molar-refractivity contribution in [2.24, 2.45) is 0 Å². The molecule has 3 N–H and O–H groups in total. The molecule has 0 amide bonds. The summed E-state index contributed by atoms with van der Waals surface area (Å²) in [5, 5.41) is 32.6. The topological polar surface area (TPSA) is 105 Å². The van der Waals surface area contributed by atoms with Crippen molar-refractivity contribution >= 4 is 18.1 Å². The van der Waals surface area contributed by atoms with E-state index in [1.54, 1.807) is 0 Å². The SMILES string of the molecule is Cl.O=[N+]([O-])c1cc([C@@H]2COCCN2)cc(O)c1O. The van der Waals surface area contributed by atoms with Gasteiger partial charge in [0, 0.05) is 12.6 Å². The molecular weight excluding hydrogens is 264 g/mol. The first kappa shape index (κ1) is 14.5. The molecule has 0 unspecified atom stereocenters.